The largest absolute Gasteiger partial charge is 0.370 e. The van der Waals surface area contributed by atoms with Crippen LogP contribution < -0.4 is 10.2 Å². The van der Waals surface area contributed by atoms with Gasteiger partial charge < -0.3 is 10.2 Å². The third-order valence-electron chi connectivity index (χ3n) is 5.18. The quantitative estimate of drug-likeness (QED) is 0.903. The summed E-state index contributed by atoms with van der Waals surface area (Å²) in [5, 5.41) is 3.45. The molecule has 1 heterocycles. The van der Waals surface area contributed by atoms with E-state index in [0.717, 1.165) is 5.92 Å². The van der Waals surface area contributed by atoms with Crippen LogP contribution in [0.25, 0.3) is 0 Å². The van der Waals surface area contributed by atoms with Crippen LogP contribution in [0.2, 0.25) is 0 Å². The Morgan fingerprint density at radius 2 is 2.00 bits per heavy atom. The van der Waals surface area contributed by atoms with Crippen molar-refractivity contribution in [2.75, 3.05) is 31.6 Å². The Bertz CT molecular complexity index is 448. The summed E-state index contributed by atoms with van der Waals surface area (Å²) in [6.07, 6.45) is 6.84. The Morgan fingerprint density at radius 3 is 2.75 bits per heavy atom. The minimum Gasteiger partial charge on any atom is -0.370 e. The van der Waals surface area contributed by atoms with Crippen LogP contribution in [0, 0.1) is 11.3 Å². The summed E-state index contributed by atoms with van der Waals surface area (Å²) in [6.45, 7) is 6.01. The van der Waals surface area contributed by atoms with Crippen molar-refractivity contribution in [1.29, 1.82) is 0 Å². The lowest BCUT2D eigenvalue weighted by molar-refractivity contribution is 0.284. The van der Waals surface area contributed by atoms with Gasteiger partial charge in [0.1, 0.15) is 0 Å². The molecule has 2 heteroatoms. The van der Waals surface area contributed by atoms with Gasteiger partial charge in [-0.05, 0) is 43.9 Å². The van der Waals surface area contributed by atoms with Gasteiger partial charge in [-0.3, -0.25) is 0 Å². The zero-order valence-electron chi connectivity index (χ0n) is 13.0. The van der Waals surface area contributed by atoms with E-state index in [-0.39, 0.29) is 0 Å². The van der Waals surface area contributed by atoms with Crippen LogP contribution >= 0.6 is 0 Å². The smallest absolute Gasteiger partial charge is 0.0399 e. The van der Waals surface area contributed by atoms with Crippen molar-refractivity contribution in [2.45, 2.75) is 39.0 Å². The van der Waals surface area contributed by atoms with Crippen LogP contribution in [-0.2, 0) is 6.42 Å². The van der Waals surface area contributed by atoms with E-state index in [0.29, 0.717) is 5.41 Å². The maximum Gasteiger partial charge on any atom is 0.0399 e. The molecule has 1 saturated carbocycles. The van der Waals surface area contributed by atoms with Gasteiger partial charge in [-0.15, -0.1) is 0 Å². The van der Waals surface area contributed by atoms with Gasteiger partial charge in [0.05, 0.1) is 0 Å². The molecule has 1 aromatic rings. The molecule has 110 valence electrons. The van der Waals surface area contributed by atoms with Crippen LogP contribution in [0.3, 0.4) is 0 Å². The van der Waals surface area contributed by atoms with E-state index in [1.807, 2.05) is 0 Å². The molecule has 20 heavy (non-hydrogen) atoms. The van der Waals surface area contributed by atoms with E-state index < -0.39 is 0 Å². The van der Waals surface area contributed by atoms with Crippen molar-refractivity contribution in [3.63, 3.8) is 0 Å². The van der Waals surface area contributed by atoms with E-state index in [4.69, 9.17) is 0 Å². The van der Waals surface area contributed by atoms with Gasteiger partial charge >= 0.3 is 0 Å². The van der Waals surface area contributed by atoms with Crippen molar-refractivity contribution < 1.29 is 0 Å². The van der Waals surface area contributed by atoms with Crippen LogP contribution in [0.5, 0.6) is 0 Å². The van der Waals surface area contributed by atoms with E-state index in [1.165, 1.54) is 57.4 Å². The van der Waals surface area contributed by atoms with Gasteiger partial charge in [0.15, 0.2) is 0 Å². The Hall–Kier alpha value is -1.02. The van der Waals surface area contributed by atoms with Crippen molar-refractivity contribution in [3.8, 4) is 0 Å². The second kappa shape index (κ2) is 5.77. The predicted octanol–water partition coefficient (Wildman–Crippen LogP) is 3.47. The standard InChI is InChI=1S/C18H28N2/c1-15-11-16-7-3-4-8-17(16)20(12-15)14-18(13-19-2)9-5-6-10-18/h3-4,7-8,15,19H,5-6,9-14H2,1-2H3. The van der Waals surface area contributed by atoms with Crippen molar-refractivity contribution in [1.82, 2.24) is 5.32 Å². The van der Waals surface area contributed by atoms with E-state index in [9.17, 15) is 0 Å². The zero-order valence-corrected chi connectivity index (χ0v) is 13.0. The Kier molecular flexibility index (Phi) is 4.02. The first kappa shape index (κ1) is 13.9. The molecule has 1 fully saturated rings. The molecule has 0 radical (unpaired) electrons. The molecule has 2 aliphatic rings. The number of rotatable bonds is 4. The molecule has 1 aliphatic carbocycles. The highest BCUT2D eigenvalue weighted by Crippen LogP contribution is 2.41. The maximum absolute atomic E-state index is 3.45. The molecule has 3 rings (SSSR count). The molecule has 1 N–H and O–H groups in total. The van der Waals surface area contributed by atoms with Crippen LogP contribution in [-0.4, -0.2) is 26.7 Å². The first-order valence-corrected chi connectivity index (χ1v) is 8.20. The zero-order chi connectivity index (χ0) is 14.0. The van der Waals surface area contributed by atoms with Crippen molar-refractivity contribution >= 4 is 5.69 Å². The van der Waals surface area contributed by atoms with Gasteiger partial charge in [-0.25, -0.2) is 0 Å². The van der Waals surface area contributed by atoms with Gasteiger partial charge in [0, 0.05) is 30.7 Å². The fourth-order valence-electron chi connectivity index (χ4n) is 4.35. The predicted molar refractivity (Wildman–Crippen MR) is 86.4 cm³/mol. The highest BCUT2D eigenvalue weighted by atomic mass is 15.2. The number of hydrogen-bond acceptors (Lipinski definition) is 2. The molecule has 1 atom stereocenters. The number of nitrogens with one attached hydrogen (secondary N) is 1. The summed E-state index contributed by atoms with van der Waals surface area (Å²) in [4.78, 5) is 2.67. The minimum absolute atomic E-state index is 0.499. The Balaban J connectivity index is 1.83. The Labute approximate surface area is 123 Å². The number of para-hydroxylation sites is 1. The minimum atomic E-state index is 0.499. The molecule has 0 spiro atoms. The molecular formula is C18H28N2. The lowest BCUT2D eigenvalue weighted by atomic mass is 9.83. The Morgan fingerprint density at radius 1 is 1.25 bits per heavy atom. The van der Waals surface area contributed by atoms with Crippen LogP contribution in [0.1, 0.15) is 38.2 Å². The number of hydrogen-bond donors (Lipinski definition) is 1. The molecule has 2 nitrogen and oxygen atoms in total. The summed E-state index contributed by atoms with van der Waals surface area (Å²) in [7, 11) is 2.10. The fourth-order valence-corrected chi connectivity index (χ4v) is 4.35. The fraction of sp³-hybridized carbons (Fsp3) is 0.667. The number of anilines is 1. The van der Waals surface area contributed by atoms with E-state index in [1.54, 1.807) is 5.56 Å². The van der Waals surface area contributed by atoms with Crippen LogP contribution in [0.4, 0.5) is 5.69 Å². The first-order chi connectivity index (χ1) is 9.72. The highest BCUT2D eigenvalue weighted by molar-refractivity contribution is 5.56. The molecule has 0 saturated heterocycles. The summed E-state index contributed by atoms with van der Waals surface area (Å²) in [5.41, 5.74) is 3.54. The average molecular weight is 272 g/mol. The van der Waals surface area contributed by atoms with Gasteiger partial charge in [0.2, 0.25) is 0 Å². The topological polar surface area (TPSA) is 15.3 Å². The molecular weight excluding hydrogens is 244 g/mol. The molecule has 0 amide bonds. The molecule has 0 aromatic heterocycles. The molecule has 1 aromatic carbocycles. The summed E-state index contributed by atoms with van der Waals surface area (Å²) < 4.78 is 0. The maximum atomic E-state index is 3.45. The summed E-state index contributed by atoms with van der Waals surface area (Å²) >= 11 is 0. The van der Waals surface area contributed by atoms with Gasteiger partial charge in [-0.1, -0.05) is 38.0 Å². The van der Waals surface area contributed by atoms with Crippen molar-refractivity contribution in [3.05, 3.63) is 29.8 Å². The monoisotopic (exact) mass is 272 g/mol. The first-order valence-electron chi connectivity index (χ1n) is 8.20. The van der Waals surface area contributed by atoms with Gasteiger partial charge in [0.25, 0.3) is 0 Å². The summed E-state index contributed by atoms with van der Waals surface area (Å²) in [6, 6.07) is 9.02. The van der Waals surface area contributed by atoms with Crippen molar-refractivity contribution in [2.24, 2.45) is 11.3 Å². The molecule has 1 unspecified atom stereocenters. The normalized spacial score (nSPS) is 24.7. The number of nitrogens with zero attached hydrogens (tertiary/aromatic N) is 1. The second-order valence-electron chi connectivity index (χ2n) is 7.06. The third-order valence-corrected chi connectivity index (χ3v) is 5.18. The van der Waals surface area contributed by atoms with E-state index in [2.05, 4.69) is 48.5 Å². The summed E-state index contributed by atoms with van der Waals surface area (Å²) in [5.74, 6) is 0.776. The average Bonchev–Trinajstić information content (AvgIpc) is 2.87. The molecule has 0 bridgehead atoms. The lowest BCUT2D eigenvalue weighted by Gasteiger charge is -2.41. The SMILES string of the molecule is CNCC1(CN2CC(C)Cc3ccccc32)CCCC1. The van der Waals surface area contributed by atoms with Gasteiger partial charge in [-0.2, -0.15) is 0 Å². The second-order valence-corrected chi connectivity index (χ2v) is 7.06. The number of fused-ring (bicyclic) bond motifs is 1. The third kappa shape index (κ3) is 2.71. The highest BCUT2D eigenvalue weighted by Gasteiger charge is 2.36. The van der Waals surface area contributed by atoms with E-state index >= 15 is 0 Å². The van der Waals surface area contributed by atoms with Crippen LogP contribution in [0.15, 0.2) is 24.3 Å². The molecule has 1 aliphatic heterocycles. The lowest BCUT2D eigenvalue weighted by Crippen LogP contribution is -2.45. The number of benzene rings is 1.